The number of anilines is 1. The van der Waals surface area contributed by atoms with Gasteiger partial charge in [0.2, 0.25) is 10.9 Å². The molecule has 0 aliphatic carbocycles. The van der Waals surface area contributed by atoms with Gasteiger partial charge in [0.1, 0.15) is 11.5 Å². The number of nitrogens with zero attached hydrogens (tertiary/aromatic N) is 4. The van der Waals surface area contributed by atoms with Gasteiger partial charge in [0, 0.05) is 22.5 Å². The zero-order valence-electron chi connectivity index (χ0n) is 14.9. The number of rotatable bonds is 7. The molecule has 144 valence electrons. The van der Waals surface area contributed by atoms with E-state index in [1.54, 1.807) is 20.4 Å². The Labute approximate surface area is 172 Å². The number of amides is 1. The summed E-state index contributed by atoms with van der Waals surface area (Å²) in [7, 11) is 3.25. The molecule has 0 saturated carbocycles. The summed E-state index contributed by atoms with van der Waals surface area (Å²) in [5, 5.41) is 16.2. The van der Waals surface area contributed by atoms with Gasteiger partial charge >= 0.3 is 0 Å². The molecule has 0 aliphatic heterocycles. The number of thioether (sulfide) groups is 1. The van der Waals surface area contributed by atoms with E-state index in [0.29, 0.717) is 16.0 Å². The first-order chi connectivity index (χ1) is 13.7. The van der Waals surface area contributed by atoms with E-state index in [9.17, 15) is 4.79 Å². The predicted octanol–water partition coefficient (Wildman–Crippen LogP) is 3.66. The molecular formula is C17H15N5O3S3. The van der Waals surface area contributed by atoms with Crippen molar-refractivity contribution in [2.24, 2.45) is 0 Å². The molecule has 0 atom stereocenters. The number of hydrogen-bond acceptors (Lipinski definition) is 9. The normalized spacial score (nSPS) is 10.9. The lowest BCUT2D eigenvalue weighted by Gasteiger charge is -2.10. The highest BCUT2D eigenvalue weighted by atomic mass is 32.2. The van der Waals surface area contributed by atoms with Crippen molar-refractivity contribution in [3.8, 4) is 22.8 Å². The number of ether oxygens (including phenoxy) is 2. The summed E-state index contributed by atoms with van der Waals surface area (Å²) >= 11 is 4.16. The first-order valence-corrected chi connectivity index (χ1v) is 10.8. The Hall–Kier alpha value is -2.63. The summed E-state index contributed by atoms with van der Waals surface area (Å²) in [6.07, 6.45) is 1.65. The molecule has 28 heavy (non-hydrogen) atoms. The molecule has 0 bridgehead atoms. The van der Waals surface area contributed by atoms with Crippen LogP contribution in [0, 0.1) is 0 Å². The highest BCUT2D eigenvalue weighted by molar-refractivity contribution is 7.99. The van der Waals surface area contributed by atoms with Crippen LogP contribution in [0.4, 0.5) is 5.13 Å². The minimum atomic E-state index is -0.146. The number of fused-ring (bicyclic) bond motifs is 1. The summed E-state index contributed by atoms with van der Waals surface area (Å²) in [6.45, 7) is 0. The Bertz CT molecular complexity index is 1110. The van der Waals surface area contributed by atoms with E-state index >= 15 is 0 Å². The van der Waals surface area contributed by atoms with Crippen LogP contribution in [0.2, 0.25) is 0 Å². The molecule has 3 aromatic heterocycles. The number of aromatic nitrogens is 4. The lowest BCUT2D eigenvalue weighted by Crippen LogP contribution is -2.14. The summed E-state index contributed by atoms with van der Waals surface area (Å²) in [4.78, 5) is 17.0. The molecule has 1 aromatic carbocycles. The molecular weight excluding hydrogens is 418 g/mol. The molecule has 1 N–H and O–H groups in total. The fourth-order valence-electron chi connectivity index (χ4n) is 2.56. The van der Waals surface area contributed by atoms with E-state index in [1.165, 1.54) is 34.4 Å². The van der Waals surface area contributed by atoms with Crippen LogP contribution in [0.15, 0.2) is 40.3 Å². The van der Waals surface area contributed by atoms with E-state index < -0.39 is 0 Å². The monoisotopic (exact) mass is 433 g/mol. The smallest absolute Gasteiger partial charge is 0.236 e. The Balaban J connectivity index is 1.62. The average molecular weight is 434 g/mol. The quantitative estimate of drug-likeness (QED) is 0.445. The number of carbonyl (C=O) groups is 1. The van der Waals surface area contributed by atoms with E-state index in [2.05, 4.69) is 20.5 Å². The fraction of sp³-hybridized carbons (Fsp3) is 0.176. The van der Waals surface area contributed by atoms with Crippen molar-refractivity contribution < 1.29 is 14.3 Å². The minimum Gasteiger partial charge on any atom is -0.497 e. The largest absolute Gasteiger partial charge is 0.497 e. The molecule has 0 saturated heterocycles. The summed E-state index contributed by atoms with van der Waals surface area (Å²) in [5.74, 6) is 1.49. The third-order valence-electron chi connectivity index (χ3n) is 3.81. The number of methoxy groups -OCH3 is 2. The molecule has 4 aromatic rings. The number of thiazole rings is 2. The van der Waals surface area contributed by atoms with Crippen LogP contribution in [0.3, 0.4) is 0 Å². The molecule has 0 spiro atoms. The van der Waals surface area contributed by atoms with Crippen molar-refractivity contribution in [2.45, 2.75) is 5.16 Å². The molecule has 0 aliphatic rings. The van der Waals surface area contributed by atoms with Crippen LogP contribution >= 0.6 is 34.4 Å². The van der Waals surface area contributed by atoms with Gasteiger partial charge in [-0.15, -0.1) is 32.9 Å². The second-order valence-electron chi connectivity index (χ2n) is 5.46. The third kappa shape index (κ3) is 3.68. The second kappa shape index (κ2) is 8.17. The van der Waals surface area contributed by atoms with E-state index in [1.807, 2.05) is 33.4 Å². The van der Waals surface area contributed by atoms with Crippen LogP contribution in [-0.2, 0) is 4.79 Å². The highest BCUT2D eigenvalue weighted by Crippen LogP contribution is 2.37. The van der Waals surface area contributed by atoms with Gasteiger partial charge in [-0.2, -0.15) is 0 Å². The van der Waals surface area contributed by atoms with Crippen molar-refractivity contribution >= 4 is 50.4 Å². The molecule has 0 radical (unpaired) electrons. The molecule has 11 heteroatoms. The van der Waals surface area contributed by atoms with Gasteiger partial charge in [0.05, 0.1) is 25.7 Å². The number of hydrogen-bond donors (Lipinski definition) is 1. The van der Waals surface area contributed by atoms with Crippen molar-refractivity contribution in [3.05, 3.63) is 35.2 Å². The Morgan fingerprint density at radius 1 is 1.25 bits per heavy atom. The number of nitrogens with one attached hydrogen (secondary N) is 1. The lowest BCUT2D eigenvalue weighted by atomic mass is 10.1. The topological polar surface area (TPSA) is 90.6 Å². The molecule has 4 rings (SSSR count). The van der Waals surface area contributed by atoms with Gasteiger partial charge in [0.25, 0.3) is 0 Å². The third-order valence-corrected chi connectivity index (χ3v) is 6.25. The Morgan fingerprint density at radius 3 is 2.89 bits per heavy atom. The molecule has 0 fully saturated rings. The zero-order valence-corrected chi connectivity index (χ0v) is 17.4. The summed E-state index contributed by atoms with van der Waals surface area (Å²) in [6, 6.07) is 5.61. The van der Waals surface area contributed by atoms with Gasteiger partial charge in [-0.05, 0) is 18.2 Å². The average Bonchev–Trinajstić information content (AvgIpc) is 3.44. The van der Waals surface area contributed by atoms with Crippen LogP contribution in [-0.4, -0.2) is 45.5 Å². The van der Waals surface area contributed by atoms with Crippen molar-refractivity contribution in [1.82, 2.24) is 19.6 Å². The van der Waals surface area contributed by atoms with E-state index in [0.717, 1.165) is 22.0 Å². The summed E-state index contributed by atoms with van der Waals surface area (Å²) in [5.41, 5.74) is 1.74. The van der Waals surface area contributed by atoms with Gasteiger partial charge in [-0.3, -0.25) is 9.20 Å². The summed E-state index contributed by atoms with van der Waals surface area (Å²) < 4.78 is 12.8. The minimum absolute atomic E-state index is 0.146. The molecule has 8 nitrogen and oxygen atoms in total. The molecule has 3 heterocycles. The standard InChI is InChI=1S/C17H15N5O3S3/c1-24-10-3-4-13(25-2)11(7-10)12-8-27-16-20-21-17(22(12)16)28-9-14(23)19-15-18-5-6-26-15/h3-8H,9H2,1-2H3,(H,18,19,23). The fourth-order valence-corrected chi connectivity index (χ4v) is 4.74. The van der Waals surface area contributed by atoms with Gasteiger partial charge in [-0.25, -0.2) is 4.98 Å². The predicted molar refractivity (Wildman–Crippen MR) is 111 cm³/mol. The zero-order chi connectivity index (χ0) is 19.5. The number of carbonyl (C=O) groups excluding carboxylic acids is 1. The highest BCUT2D eigenvalue weighted by Gasteiger charge is 2.18. The SMILES string of the molecule is COc1ccc(OC)c(-c2csc3nnc(SCC(=O)Nc4nccs4)n23)c1. The second-order valence-corrected chi connectivity index (χ2v) is 8.14. The van der Waals surface area contributed by atoms with E-state index in [4.69, 9.17) is 9.47 Å². The molecule has 1 amide bonds. The molecule has 0 unspecified atom stereocenters. The maximum Gasteiger partial charge on any atom is 0.236 e. The van der Waals surface area contributed by atoms with Crippen LogP contribution < -0.4 is 14.8 Å². The van der Waals surface area contributed by atoms with Crippen molar-refractivity contribution in [3.63, 3.8) is 0 Å². The van der Waals surface area contributed by atoms with E-state index in [-0.39, 0.29) is 11.7 Å². The first-order valence-electron chi connectivity index (χ1n) is 8.06. The Kier molecular flexibility index (Phi) is 5.46. The van der Waals surface area contributed by atoms with Crippen LogP contribution in [0.5, 0.6) is 11.5 Å². The lowest BCUT2D eigenvalue weighted by molar-refractivity contribution is -0.113. The van der Waals surface area contributed by atoms with Gasteiger partial charge in [-0.1, -0.05) is 11.8 Å². The number of benzene rings is 1. The van der Waals surface area contributed by atoms with Crippen molar-refractivity contribution in [2.75, 3.05) is 25.3 Å². The van der Waals surface area contributed by atoms with Crippen molar-refractivity contribution in [1.29, 1.82) is 0 Å². The van der Waals surface area contributed by atoms with Crippen LogP contribution in [0.25, 0.3) is 16.2 Å². The first kappa shape index (κ1) is 18.7. The maximum atomic E-state index is 12.2. The maximum absolute atomic E-state index is 12.2. The van der Waals surface area contributed by atoms with Gasteiger partial charge < -0.3 is 14.8 Å². The van der Waals surface area contributed by atoms with Gasteiger partial charge in [0.15, 0.2) is 10.3 Å². The Morgan fingerprint density at radius 2 is 2.14 bits per heavy atom. The van der Waals surface area contributed by atoms with Crippen LogP contribution in [0.1, 0.15) is 0 Å².